The van der Waals surface area contributed by atoms with Gasteiger partial charge in [0.05, 0.1) is 12.3 Å². The predicted molar refractivity (Wildman–Crippen MR) is 62.2 cm³/mol. The van der Waals surface area contributed by atoms with Crippen LogP contribution in [0.5, 0.6) is 5.75 Å². The highest BCUT2D eigenvalue weighted by Crippen LogP contribution is 2.25. The highest BCUT2D eigenvalue weighted by atomic mass is 16.5. The number of para-hydroxylation sites is 1. The average Bonchev–Trinajstić information content (AvgIpc) is 2.21. The molecule has 84 valence electrons. The first-order valence-corrected chi connectivity index (χ1v) is 5.22. The Hall–Kier alpha value is -1.22. The molecule has 0 saturated carbocycles. The van der Waals surface area contributed by atoms with Gasteiger partial charge >= 0.3 is 0 Å². The average molecular weight is 209 g/mol. The van der Waals surface area contributed by atoms with Crippen molar-refractivity contribution in [3.63, 3.8) is 0 Å². The molecule has 0 aromatic heterocycles. The predicted octanol–water partition coefficient (Wildman–Crippen LogP) is 2.38. The monoisotopic (exact) mass is 209 g/mol. The Morgan fingerprint density at radius 2 is 1.93 bits per heavy atom. The van der Waals surface area contributed by atoms with Crippen LogP contribution in [0, 0.1) is 6.92 Å². The Morgan fingerprint density at radius 1 is 1.20 bits per heavy atom. The van der Waals surface area contributed by atoms with Crippen LogP contribution in [0.3, 0.4) is 0 Å². The quantitative estimate of drug-likeness (QED) is 0.578. The second kappa shape index (κ2) is 6.30. The van der Waals surface area contributed by atoms with E-state index in [1.165, 1.54) is 0 Å². The zero-order valence-electron chi connectivity index (χ0n) is 9.45. The first-order chi connectivity index (χ1) is 7.25. The van der Waals surface area contributed by atoms with Gasteiger partial charge in [-0.15, -0.1) is 0 Å². The van der Waals surface area contributed by atoms with Gasteiger partial charge < -0.3 is 15.2 Å². The fourth-order valence-electron chi connectivity index (χ4n) is 1.40. The van der Waals surface area contributed by atoms with E-state index in [1.54, 1.807) is 7.11 Å². The molecule has 0 aliphatic rings. The van der Waals surface area contributed by atoms with Crippen molar-refractivity contribution in [2.75, 3.05) is 26.1 Å². The normalized spacial score (nSPS) is 10.3. The van der Waals surface area contributed by atoms with Crippen molar-refractivity contribution in [3.8, 4) is 5.75 Å². The number of rotatable bonds is 6. The largest absolute Gasteiger partial charge is 0.491 e. The van der Waals surface area contributed by atoms with Crippen molar-refractivity contribution in [3.05, 3.63) is 23.8 Å². The van der Waals surface area contributed by atoms with Gasteiger partial charge in [-0.25, -0.2) is 0 Å². The maximum atomic E-state index is 5.81. The third-order valence-corrected chi connectivity index (χ3v) is 2.23. The molecular weight excluding hydrogens is 190 g/mol. The van der Waals surface area contributed by atoms with E-state index in [2.05, 4.69) is 0 Å². The number of nitrogens with two attached hydrogens (primary N) is 1. The number of nitrogen functional groups attached to an aromatic ring is 1. The minimum Gasteiger partial charge on any atom is -0.491 e. The number of hydrogen-bond acceptors (Lipinski definition) is 3. The minimum atomic E-state index is 0.693. The van der Waals surface area contributed by atoms with E-state index in [-0.39, 0.29) is 0 Å². The van der Waals surface area contributed by atoms with E-state index < -0.39 is 0 Å². The molecule has 0 amide bonds. The van der Waals surface area contributed by atoms with Gasteiger partial charge in [0.25, 0.3) is 0 Å². The van der Waals surface area contributed by atoms with Crippen LogP contribution < -0.4 is 10.5 Å². The maximum Gasteiger partial charge on any atom is 0.145 e. The molecule has 0 fully saturated rings. The molecule has 0 radical (unpaired) electrons. The molecule has 15 heavy (non-hydrogen) atoms. The van der Waals surface area contributed by atoms with E-state index in [9.17, 15) is 0 Å². The Balaban J connectivity index is 2.37. The van der Waals surface area contributed by atoms with E-state index in [4.69, 9.17) is 15.2 Å². The summed E-state index contributed by atoms with van der Waals surface area (Å²) in [6.07, 6.45) is 2.00. The summed E-state index contributed by atoms with van der Waals surface area (Å²) in [6, 6.07) is 5.79. The molecule has 0 spiro atoms. The summed E-state index contributed by atoms with van der Waals surface area (Å²) >= 11 is 0. The Bertz CT molecular complexity index is 279. The lowest BCUT2D eigenvalue weighted by Crippen LogP contribution is -2.03. The fraction of sp³-hybridized carbons (Fsp3) is 0.500. The summed E-state index contributed by atoms with van der Waals surface area (Å²) in [5, 5.41) is 0. The standard InChI is InChI=1S/C12H19NO2/c1-10-6-5-7-11(13)12(10)15-9-4-3-8-14-2/h5-7H,3-4,8-9,13H2,1-2H3. The smallest absolute Gasteiger partial charge is 0.145 e. The fourth-order valence-corrected chi connectivity index (χ4v) is 1.40. The topological polar surface area (TPSA) is 44.5 Å². The Kier molecular flexibility index (Phi) is 4.98. The first kappa shape index (κ1) is 11.9. The van der Waals surface area contributed by atoms with Gasteiger partial charge in [-0.2, -0.15) is 0 Å². The summed E-state index contributed by atoms with van der Waals surface area (Å²) < 4.78 is 10.6. The van der Waals surface area contributed by atoms with E-state index >= 15 is 0 Å². The van der Waals surface area contributed by atoms with Crippen molar-refractivity contribution >= 4 is 5.69 Å². The number of hydrogen-bond donors (Lipinski definition) is 1. The van der Waals surface area contributed by atoms with Gasteiger partial charge in [0.15, 0.2) is 0 Å². The van der Waals surface area contributed by atoms with Crippen LogP contribution in [0.1, 0.15) is 18.4 Å². The number of ether oxygens (including phenoxy) is 2. The van der Waals surface area contributed by atoms with Gasteiger partial charge in [0, 0.05) is 13.7 Å². The van der Waals surface area contributed by atoms with Crippen molar-refractivity contribution in [2.45, 2.75) is 19.8 Å². The SMILES string of the molecule is COCCCCOc1c(C)cccc1N. The summed E-state index contributed by atoms with van der Waals surface area (Å²) in [4.78, 5) is 0. The summed E-state index contributed by atoms with van der Waals surface area (Å²) in [6.45, 7) is 3.48. The van der Waals surface area contributed by atoms with Crippen molar-refractivity contribution in [1.82, 2.24) is 0 Å². The molecule has 0 aliphatic carbocycles. The van der Waals surface area contributed by atoms with Crippen LogP contribution in [0.4, 0.5) is 5.69 Å². The van der Waals surface area contributed by atoms with Crippen molar-refractivity contribution in [1.29, 1.82) is 0 Å². The van der Waals surface area contributed by atoms with E-state index in [0.29, 0.717) is 12.3 Å². The van der Waals surface area contributed by atoms with Crippen LogP contribution in [-0.4, -0.2) is 20.3 Å². The van der Waals surface area contributed by atoms with Gasteiger partial charge in [-0.1, -0.05) is 12.1 Å². The van der Waals surface area contributed by atoms with Crippen LogP contribution in [0.25, 0.3) is 0 Å². The van der Waals surface area contributed by atoms with Crippen LogP contribution in [-0.2, 0) is 4.74 Å². The van der Waals surface area contributed by atoms with E-state index in [0.717, 1.165) is 30.8 Å². The van der Waals surface area contributed by atoms with Crippen LogP contribution >= 0.6 is 0 Å². The highest BCUT2D eigenvalue weighted by molar-refractivity contribution is 5.56. The molecule has 3 heteroatoms. The molecular formula is C12H19NO2. The number of anilines is 1. The lowest BCUT2D eigenvalue weighted by Gasteiger charge is -2.11. The van der Waals surface area contributed by atoms with E-state index in [1.807, 2.05) is 25.1 Å². The van der Waals surface area contributed by atoms with Gasteiger partial charge in [-0.3, -0.25) is 0 Å². The Morgan fingerprint density at radius 3 is 2.60 bits per heavy atom. The lowest BCUT2D eigenvalue weighted by molar-refractivity contribution is 0.184. The number of unbranched alkanes of at least 4 members (excludes halogenated alkanes) is 1. The summed E-state index contributed by atoms with van der Waals surface area (Å²) in [5.41, 5.74) is 7.61. The van der Waals surface area contributed by atoms with Gasteiger partial charge in [0.2, 0.25) is 0 Å². The third kappa shape index (κ3) is 3.80. The molecule has 3 nitrogen and oxygen atoms in total. The molecule has 1 rings (SSSR count). The second-order valence-corrected chi connectivity index (χ2v) is 3.54. The van der Waals surface area contributed by atoms with Gasteiger partial charge in [-0.05, 0) is 31.4 Å². The zero-order chi connectivity index (χ0) is 11.1. The molecule has 0 saturated heterocycles. The first-order valence-electron chi connectivity index (χ1n) is 5.22. The number of methoxy groups -OCH3 is 1. The summed E-state index contributed by atoms with van der Waals surface area (Å²) in [7, 11) is 1.71. The van der Waals surface area contributed by atoms with Crippen LogP contribution in [0.15, 0.2) is 18.2 Å². The Labute approximate surface area is 91.2 Å². The second-order valence-electron chi connectivity index (χ2n) is 3.54. The molecule has 0 aliphatic heterocycles. The molecule has 0 unspecified atom stereocenters. The van der Waals surface area contributed by atoms with Crippen LogP contribution in [0.2, 0.25) is 0 Å². The zero-order valence-corrected chi connectivity index (χ0v) is 9.45. The maximum absolute atomic E-state index is 5.81. The molecule has 0 heterocycles. The minimum absolute atomic E-state index is 0.693. The molecule has 1 aromatic carbocycles. The molecule has 0 bridgehead atoms. The molecule has 0 atom stereocenters. The lowest BCUT2D eigenvalue weighted by atomic mass is 10.2. The number of aryl methyl sites for hydroxylation is 1. The molecule has 1 aromatic rings. The van der Waals surface area contributed by atoms with Gasteiger partial charge in [0.1, 0.15) is 5.75 Å². The van der Waals surface area contributed by atoms with Crippen molar-refractivity contribution in [2.24, 2.45) is 0 Å². The summed E-state index contributed by atoms with van der Waals surface area (Å²) in [5.74, 6) is 0.815. The third-order valence-electron chi connectivity index (χ3n) is 2.23. The van der Waals surface area contributed by atoms with Crippen molar-refractivity contribution < 1.29 is 9.47 Å². The highest BCUT2D eigenvalue weighted by Gasteiger charge is 2.02. The number of benzene rings is 1. The molecule has 2 N–H and O–H groups in total.